The molecule has 2 aromatic rings. The number of nitro groups is 2. The lowest BCUT2D eigenvalue weighted by Crippen LogP contribution is -1.99. The van der Waals surface area contributed by atoms with Crippen molar-refractivity contribution in [3.8, 4) is 11.1 Å². The molecule has 3 rings (SSSR count). The lowest BCUT2D eigenvalue weighted by atomic mass is 10.0. The van der Waals surface area contributed by atoms with Gasteiger partial charge in [0.15, 0.2) is 0 Å². The second-order valence-electron chi connectivity index (χ2n) is 4.62. The van der Waals surface area contributed by atoms with Gasteiger partial charge < -0.3 is 0 Å². The lowest BCUT2D eigenvalue weighted by Gasteiger charge is -2.02. The third-order valence-corrected chi connectivity index (χ3v) is 5.80. The largest absolute Gasteiger partial charge is 0.289 e. The van der Waals surface area contributed by atoms with E-state index in [4.69, 9.17) is 23.2 Å². The predicted molar refractivity (Wildman–Crippen MR) is 80.7 cm³/mol. The average Bonchev–Trinajstić information content (AvgIpc) is 2.64. The summed E-state index contributed by atoms with van der Waals surface area (Å²) >= 11 is 11.6. The van der Waals surface area contributed by atoms with Gasteiger partial charge in [0, 0.05) is 23.3 Å². The van der Waals surface area contributed by atoms with Gasteiger partial charge in [0.05, 0.1) is 19.6 Å². The fourth-order valence-electron chi connectivity index (χ4n) is 2.35. The Morgan fingerprint density at radius 2 is 1.13 bits per heavy atom. The molecule has 0 radical (unpaired) electrons. The first-order valence-corrected chi connectivity index (χ1v) is 8.10. The molecule has 0 unspecified atom stereocenters. The second kappa shape index (κ2) is 4.88. The van der Waals surface area contributed by atoms with Crippen LogP contribution < -0.4 is 0 Å². The van der Waals surface area contributed by atoms with Crippen LogP contribution in [0.1, 0.15) is 0 Å². The molecule has 0 amide bonds. The molecule has 2 aromatic carbocycles. The van der Waals surface area contributed by atoms with Gasteiger partial charge in [-0.1, -0.05) is 23.2 Å². The van der Waals surface area contributed by atoms with Gasteiger partial charge in [-0.15, -0.1) is 0 Å². The Balaban J connectivity index is 2.40. The summed E-state index contributed by atoms with van der Waals surface area (Å²) in [5.41, 5.74) is -0.899. The normalized spacial score (nSPS) is 14.2. The highest BCUT2D eigenvalue weighted by atomic mass is 35.5. The van der Waals surface area contributed by atoms with E-state index in [1.165, 1.54) is 0 Å². The van der Waals surface area contributed by atoms with Gasteiger partial charge >= 0.3 is 0 Å². The van der Waals surface area contributed by atoms with E-state index in [0.717, 1.165) is 24.3 Å². The molecule has 118 valence electrons. The highest BCUT2D eigenvalue weighted by Gasteiger charge is 2.38. The molecule has 0 fully saturated rings. The Bertz CT molecular complexity index is 943. The summed E-state index contributed by atoms with van der Waals surface area (Å²) in [7, 11) is -4.14. The minimum absolute atomic E-state index is 0.118. The molecule has 23 heavy (non-hydrogen) atoms. The van der Waals surface area contributed by atoms with Crippen molar-refractivity contribution in [1.29, 1.82) is 0 Å². The van der Waals surface area contributed by atoms with E-state index in [0.29, 0.717) is 0 Å². The smallest absolute Gasteiger partial charge is 0.258 e. The van der Waals surface area contributed by atoms with Crippen LogP contribution in [0.25, 0.3) is 11.1 Å². The van der Waals surface area contributed by atoms with Crippen LogP contribution in [0.3, 0.4) is 0 Å². The number of hydrogen-bond donors (Lipinski definition) is 0. The third-order valence-electron chi connectivity index (χ3n) is 3.36. The van der Waals surface area contributed by atoms with Crippen LogP contribution in [0.15, 0.2) is 34.1 Å². The predicted octanol–water partition coefficient (Wildman–Crippen LogP) is 3.62. The third kappa shape index (κ3) is 2.16. The van der Waals surface area contributed by atoms with E-state index >= 15 is 0 Å². The molecule has 0 saturated carbocycles. The summed E-state index contributed by atoms with van der Waals surface area (Å²) in [5.74, 6) is 0. The first-order valence-electron chi connectivity index (χ1n) is 5.86. The fraction of sp³-hybridized carbons (Fsp3) is 0. The van der Waals surface area contributed by atoms with Crippen molar-refractivity contribution in [2.75, 3.05) is 0 Å². The molecule has 1 aliphatic heterocycles. The van der Waals surface area contributed by atoms with Crippen molar-refractivity contribution in [3.63, 3.8) is 0 Å². The van der Waals surface area contributed by atoms with Crippen LogP contribution in [0.4, 0.5) is 11.4 Å². The Hall–Kier alpha value is -2.23. The second-order valence-corrected chi connectivity index (χ2v) is 7.32. The van der Waals surface area contributed by atoms with E-state index in [1.54, 1.807) is 0 Å². The summed E-state index contributed by atoms with van der Waals surface area (Å²) in [6.07, 6.45) is 0. The molecule has 1 aliphatic rings. The first kappa shape index (κ1) is 15.7. The topological polar surface area (TPSA) is 120 Å². The zero-order chi connectivity index (χ0) is 17.1. The number of nitrogens with zero attached hydrogens (tertiary/aromatic N) is 2. The summed E-state index contributed by atoms with van der Waals surface area (Å²) in [6, 6.07) is 3.96. The number of sulfone groups is 1. The molecule has 8 nitrogen and oxygen atoms in total. The van der Waals surface area contributed by atoms with Crippen LogP contribution in [0, 0.1) is 20.2 Å². The first-order chi connectivity index (χ1) is 10.6. The van der Waals surface area contributed by atoms with Gasteiger partial charge in [-0.25, -0.2) is 8.42 Å². The number of rotatable bonds is 2. The zero-order valence-corrected chi connectivity index (χ0v) is 13.1. The molecule has 11 heteroatoms. The maximum absolute atomic E-state index is 12.5. The van der Waals surface area contributed by atoms with Crippen molar-refractivity contribution < 1.29 is 18.3 Å². The highest BCUT2D eigenvalue weighted by Crippen LogP contribution is 2.49. The van der Waals surface area contributed by atoms with E-state index in [9.17, 15) is 28.6 Å². The Labute approximate surface area is 138 Å². The standard InChI is InChI=1S/C12H4Cl2N2O6S/c13-7-1-5-6-2-8(14)10(16(19)20)4-12(6)23(21,22)11(5)3-9(7)15(17)18/h1-4H. The van der Waals surface area contributed by atoms with Crippen LogP contribution in [-0.4, -0.2) is 18.3 Å². The van der Waals surface area contributed by atoms with E-state index in [1.807, 2.05) is 0 Å². The molecule has 0 aromatic heterocycles. The highest BCUT2D eigenvalue weighted by molar-refractivity contribution is 7.92. The van der Waals surface area contributed by atoms with Gasteiger partial charge in [-0.3, -0.25) is 20.2 Å². The summed E-state index contributed by atoms with van der Waals surface area (Å²) in [6.45, 7) is 0. The molecule has 0 bridgehead atoms. The van der Waals surface area contributed by atoms with Crippen LogP contribution >= 0.6 is 23.2 Å². The quantitative estimate of drug-likeness (QED) is 0.498. The summed E-state index contributed by atoms with van der Waals surface area (Å²) < 4.78 is 25.0. The van der Waals surface area contributed by atoms with Crippen LogP contribution in [0.2, 0.25) is 10.0 Å². The maximum atomic E-state index is 12.5. The molecule has 0 N–H and O–H groups in total. The fourth-order valence-corrected chi connectivity index (χ4v) is 4.50. The molecular formula is C12H4Cl2N2O6S. The van der Waals surface area contributed by atoms with Gasteiger partial charge in [0.2, 0.25) is 9.84 Å². The summed E-state index contributed by atoms with van der Waals surface area (Å²) in [4.78, 5) is 19.6. The number of hydrogen-bond acceptors (Lipinski definition) is 6. The average molecular weight is 375 g/mol. The molecule has 0 atom stereocenters. The van der Waals surface area contributed by atoms with Crippen molar-refractivity contribution in [1.82, 2.24) is 0 Å². The lowest BCUT2D eigenvalue weighted by molar-refractivity contribution is -0.385. The Kier molecular flexibility index (Phi) is 3.32. The Morgan fingerprint density at radius 3 is 1.43 bits per heavy atom. The maximum Gasteiger partial charge on any atom is 0.289 e. The van der Waals surface area contributed by atoms with Gasteiger partial charge in [-0.05, 0) is 12.1 Å². The Morgan fingerprint density at radius 1 is 0.783 bits per heavy atom. The molecule has 1 heterocycles. The van der Waals surface area contributed by atoms with Crippen molar-refractivity contribution in [2.24, 2.45) is 0 Å². The monoisotopic (exact) mass is 374 g/mol. The number of nitro benzene ring substituents is 2. The van der Waals surface area contributed by atoms with E-state index < -0.39 is 31.1 Å². The molecular weight excluding hydrogens is 371 g/mol. The van der Waals surface area contributed by atoms with Crippen molar-refractivity contribution in [2.45, 2.75) is 9.79 Å². The van der Waals surface area contributed by atoms with E-state index in [-0.39, 0.29) is 31.0 Å². The van der Waals surface area contributed by atoms with E-state index in [2.05, 4.69) is 0 Å². The van der Waals surface area contributed by atoms with Gasteiger partial charge in [0.25, 0.3) is 11.4 Å². The van der Waals surface area contributed by atoms with Gasteiger partial charge in [-0.2, -0.15) is 0 Å². The van der Waals surface area contributed by atoms with Crippen molar-refractivity contribution >= 4 is 44.4 Å². The molecule has 0 spiro atoms. The minimum Gasteiger partial charge on any atom is -0.258 e. The molecule has 0 saturated heterocycles. The van der Waals surface area contributed by atoms with Gasteiger partial charge in [0.1, 0.15) is 10.0 Å². The number of benzene rings is 2. The molecule has 0 aliphatic carbocycles. The number of fused-ring (bicyclic) bond motifs is 3. The van der Waals surface area contributed by atoms with Crippen LogP contribution in [-0.2, 0) is 9.84 Å². The van der Waals surface area contributed by atoms with Crippen molar-refractivity contribution in [3.05, 3.63) is 54.5 Å². The number of halogens is 2. The summed E-state index contributed by atoms with van der Waals surface area (Å²) in [5, 5.41) is 21.3. The zero-order valence-electron chi connectivity index (χ0n) is 10.8. The SMILES string of the molecule is O=[N+]([O-])c1cc2c(cc1Cl)-c1cc(Cl)c([N+](=O)[O-])cc1S2(=O)=O. The minimum atomic E-state index is -4.14. The van der Waals surface area contributed by atoms with Crippen LogP contribution in [0.5, 0.6) is 0 Å².